The van der Waals surface area contributed by atoms with Crippen molar-refractivity contribution in [2.45, 2.75) is 27.2 Å². The Morgan fingerprint density at radius 3 is 2.48 bits per heavy atom. The Labute approximate surface area is 205 Å². The molecule has 2 heterocycles. The second kappa shape index (κ2) is 9.14. The van der Waals surface area contributed by atoms with Gasteiger partial charge in [0.15, 0.2) is 0 Å². The van der Waals surface area contributed by atoms with Crippen LogP contribution in [0.1, 0.15) is 43.6 Å². The first-order valence-corrected chi connectivity index (χ1v) is 11.9. The summed E-state index contributed by atoms with van der Waals surface area (Å²) in [5.74, 6) is -0.903. The van der Waals surface area contributed by atoms with Gasteiger partial charge in [-0.1, -0.05) is 48.3 Å². The van der Waals surface area contributed by atoms with Crippen LogP contribution in [0, 0.1) is 13.8 Å². The summed E-state index contributed by atoms with van der Waals surface area (Å²) in [6.45, 7) is 5.70. The molecule has 3 N–H and O–H groups in total. The van der Waals surface area contributed by atoms with Gasteiger partial charge in [-0.15, -0.1) is 11.3 Å². The molecule has 33 heavy (non-hydrogen) atoms. The Morgan fingerprint density at radius 1 is 1.09 bits per heavy atom. The minimum atomic E-state index is -0.559. The molecule has 0 radical (unpaired) electrons. The van der Waals surface area contributed by atoms with E-state index < -0.39 is 5.91 Å². The number of thiophene rings is 1. The maximum absolute atomic E-state index is 13.6. The molecule has 0 aliphatic rings. The van der Waals surface area contributed by atoms with E-state index in [1.807, 2.05) is 45.0 Å². The highest BCUT2D eigenvalue weighted by atomic mass is 35.5. The first-order valence-electron chi connectivity index (χ1n) is 10.3. The SMILES string of the molecule is CCc1c(C)sc(NC(=O)c2c(C)c(-c3ccc(Cl)cc3Cl)nc3ccccc23)c1C(N)=O. The summed E-state index contributed by atoms with van der Waals surface area (Å²) in [4.78, 5) is 31.5. The van der Waals surface area contributed by atoms with E-state index in [4.69, 9.17) is 33.9 Å². The van der Waals surface area contributed by atoms with Crippen LogP contribution in [0.2, 0.25) is 10.0 Å². The van der Waals surface area contributed by atoms with E-state index >= 15 is 0 Å². The topological polar surface area (TPSA) is 85.1 Å². The van der Waals surface area contributed by atoms with E-state index in [2.05, 4.69) is 5.32 Å². The maximum Gasteiger partial charge on any atom is 0.257 e. The van der Waals surface area contributed by atoms with E-state index in [0.717, 1.165) is 10.4 Å². The van der Waals surface area contributed by atoms with Crippen molar-refractivity contribution in [1.82, 2.24) is 4.98 Å². The van der Waals surface area contributed by atoms with Gasteiger partial charge in [-0.2, -0.15) is 0 Å². The molecule has 8 heteroatoms. The molecule has 2 aromatic carbocycles. The van der Waals surface area contributed by atoms with Crippen molar-refractivity contribution in [1.29, 1.82) is 0 Å². The molecule has 4 rings (SSSR count). The lowest BCUT2D eigenvalue weighted by molar-refractivity contribution is 0.100. The van der Waals surface area contributed by atoms with Crippen molar-refractivity contribution in [3.8, 4) is 11.3 Å². The lowest BCUT2D eigenvalue weighted by Crippen LogP contribution is -2.19. The molecule has 0 unspecified atom stereocenters. The number of amides is 2. The standard InChI is InChI=1S/C25H21Cl2N3O2S/c1-4-15-13(3)33-25(21(15)23(28)31)30-24(32)20-12(2)22(16-10-9-14(26)11-18(16)27)29-19-8-6-5-7-17(19)20/h5-11H,4H2,1-3H3,(H2,28,31)(H,30,32). The van der Waals surface area contributed by atoms with Crippen LogP contribution in [0.15, 0.2) is 42.5 Å². The van der Waals surface area contributed by atoms with Crippen molar-refractivity contribution in [2.24, 2.45) is 5.73 Å². The van der Waals surface area contributed by atoms with Crippen LogP contribution >= 0.6 is 34.5 Å². The number of para-hydroxylation sites is 1. The van der Waals surface area contributed by atoms with Crippen LogP contribution in [-0.2, 0) is 6.42 Å². The van der Waals surface area contributed by atoms with Crippen LogP contribution in [0.5, 0.6) is 0 Å². The molecule has 0 saturated heterocycles. The number of carbonyl (C=O) groups excluding carboxylic acids is 2. The number of nitrogens with one attached hydrogen (secondary N) is 1. The molecule has 0 atom stereocenters. The van der Waals surface area contributed by atoms with Gasteiger partial charge in [0.1, 0.15) is 5.00 Å². The van der Waals surface area contributed by atoms with Crippen molar-refractivity contribution in [3.63, 3.8) is 0 Å². The third-order valence-electron chi connectivity index (χ3n) is 5.59. The summed E-state index contributed by atoms with van der Waals surface area (Å²) in [5.41, 5.74) is 9.92. The van der Waals surface area contributed by atoms with Gasteiger partial charge in [-0.3, -0.25) is 9.59 Å². The number of carbonyl (C=O) groups is 2. The van der Waals surface area contributed by atoms with Gasteiger partial charge >= 0.3 is 0 Å². The third-order valence-corrected chi connectivity index (χ3v) is 7.20. The Morgan fingerprint density at radius 2 is 1.82 bits per heavy atom. The zero-order valence-corrected chi connectivity index (χ0v) is 20.6. The molecule has 2 aromatic heterocycles. The van der Waals surface area contributed by atoms with Crippen molar-refractivity contribution < 1.29 is 9.59 Å². The number of nitrogens with two attached hydrogens (primary N) is 1. The predicted molar refractivity (Wildman–Crippen MR) is 137 cm³/mol. The van der Waals surface area contributed by atoms with Crippen LogP contribution in [0.25, 0.3) is 22.2 Å². The summed E-state index contributed by atoms with van der Waals surface area (Å²) in [7, 11) is 0. The van der Waals surface area contributed by atoms with E-state index in [0.29, 0.717) is 60.3 Å². The van der Waals surface area contributed by atoms with Crippen LogP contribution in [0.3, 0.4) is 0 Å². The first kappa shape index (κ1) is 23.2. The fourth-order valence-corrected chi connectivity index (χ4v) is 5.71. The van der Waals surface area contributed by atoms with E-state index in [1.54, 1.807) is 18.2 Å². The molecule has 4 aromatic rings. The molecule has 168 valence electrons. The fourth-order valence-electron chi connectivity index (χ4n) is 4.06. The smallest absolute Gasteiger partial charge is 0.257 e. The number of anilines is 1. The highest BCUT2D eigenvalue weighted by molar-refractivity contribution is 7.16. The number of halogens is 2. The summed E-state index contributed by atoms with van der Waals surface area (Å²) < 4.78 is 0. The Kier molecular flexibility index (Phi) is 6.43. The summed E-state index contributed by atoms with van der Waals surface area (Å²) in [5, 5.41) is 5.04. The highest BCUT2D eigenvalue weighted by Crippen LogP contribution is 2.37. The summed E-state index contributed by atoms with van der Waals surface area (Å²) in [6, 6.07) is 12.6. The molecule has 0 spiro atoms. The van der Waals surface area contributed by atoms with Gasteiger partial charge in [-0.05, 0) is 55.7 Å². The molecule has 5 nitrogen and oxygen atoms in total. The van der Waals surface area contributed by atoms with Gasteiger partial charge in [0.2, 0.25) is 0 Å². The Bertz CT molecular complexity index is 1430. The van der Waals surface area contributed by atoms with Crippen molar-refractivity contribution in [3.05, 3.63) is 79.6 Å². The predicted octanol–water partition coefficient (Wildman–Crippen LogP) is 6.80. The van der Waals surface area contributed by atoms with Crippen LogP contribution < -0.4 is 11.1 Å². The maximum atomic E-state index is 13.6. The number of aromatic nitrogens is 1. The largest absolute Gasteiger partial charge is 0.365 e. The normalized spacial score (nSPS) is 11.1. The number of aryl methyl sites for hydroxylation is 1. The average molecular weight is 498 g/mol. The highest BCUT2D eigenvalue weighted by Gasteiger charge is 2.24. The number of primary amides is 1. The van der Waals surface area contributed by atoms with E-state index in [-0.39, 0.29) is 5.91 Å². The molecule has 0 saturated carbocycles. The molecular weight excluding hydrogens is 477 g/mol. The number of hydrogen-bond donors (Lipinski definition) is 2. The van der Waals surface area contributed by atoms with Gasteiger partial charge in [0.25, 0.3) is 11.8 Å². The zero-order valence-electron chi connectivity index (χ0n) is 18.3. The molecule has 2 amide bonds. The summed E-state index contributed by atoms with van der Waals surface area (Å²) in [6.07, 6.45) is 0.646. The fraction of sp³-hybridized carbons (Fsp3) is 0.160. The van der Waals surface area contributed by atoms with Gasteiger partial charge < -0.3 is 11.1 Å². The third kappa shape index (κ3) is 4.22. The number of rotatable bonds is 5. The lowest BCUT2D eigenvalue weighted by Gasteiger charge is -2.15. The van der Waals surface area contributed by atoms with Crippen LogP contribution in [0.4, 0.5) is 5.00 Å². The van der Waals surface area contributed by atoms with Crippen molar-refractivity contribution >= 4 is 62.3 Å². The van der Waals surface area contributed by atoms with E-state index in [9.17, 15) is 9.59 Å². The van der Waals surface area contributed by atoms with Gasteiger partial charge in [-0.25, -0.2) is 4.98 Å². The number of pyridine rings is 1. The second-order valence-corrected chi connectivity index (χ2v) is 9.68. The molecule has 0 aliphatic carbocycles. The molecular formula is C25H21Cl2N3O2S. The number of nitrogens with zero attached hydrogens (tertiary/aromatic N) is 1. The Balaban J connectivity index is 1.90. The number of fused-ring (bicyclic) bond motifs is 1. The Hall–Kier alpha value is -2.93. The lowest BCUT2D eigenvalue weighted by atomic mass is 9.97. The number of benzene rings is 2. The molecule has 0 bridgehead atoms. The van der Waals surface area contributed by atoms with Crippen molar-refractivity contribution in [2.75, 3.05) is 5.32 Å². The molecule has 0 fully saturated rings. The first-order chi connectivity index (χ1) is 15.7. The monoisotopic (exact) mass is 497 g/mol. The quantitative estimate of drug-likeness (QED) is 0.317. The van der Waals surface area contributed by atoms with Gasteiger partial charge in [0.05, 0.1) is 27.4 Å². The number of hydrogen-bond acceptors (Lipinski definition) is 4. The minimum Gasteiger partial charge on any atom is -0.365 e. The zero-order chi connectivity index (χ0) is 23.9. The molecule has 0 aliphatic heterocycles. The average Bonchev–Trinajstić information content (AvgIpc) is 3.08. The summed E-state index contributed by atoms with van der Waals surface area (Å²) >= 11 is 13.9. The van der Waals surface area contributed by atoms with E-state index in [1.165, 1.54) is 11.3 Å². The van der Waals surface area contributed by atoms with Gasteiger partial charge in [0, 0.05) is 20.8 Å². The minimum absolute atomic E-state index is 0.344. The van der Waals surface area contributed by atoms with Crippen LogP contribution in [-0.4, -0.2) is 16.8 Å². The second-order valence-electron chi connectivity index (χ2n) is 7.61.